The fourth-order valence-corrected chi connectivity index (χ4v) is 2.02. The molecule has 84 valence electrons. The van der Waals surface area contributed by atoms with Gasteiger partial charge < -0.3 is 5.32 Å². The molecule has 17 heavy (non-hydrogen) atoms. The molecule has 0 amide bonds. The maximum absolute atomic E-state index is 12.1. The molecule has 2 aromatic rings. The lowest BCUT2D eigenvalue weighted by atomic mass is 10.0. The highest BCUT2D eigenvalue weighted by Crippen LogP contribution is 2.24. The van der Waals surface area contributed by atoms with Crippen LogP contribution in [-0.4, -0.2) is 22.3 Å². The molecule has 1 aromatic carbocycles. The molecule has 1 aliphatic heterocycles. The van der Waals surface area contributed by atoms with E-state index in [1.54, 1.807) is 0 Å². The van der Waals surface area contributed by atoms with E-state index in [-0.39, 0.29) is 5.78 Å². The standard InChI is InChI=1S/C13H11N3O/c17-13(11-6-14-8-15-7-11)10-2-1-9-3-4-16-12(9)5-10/h1-2,5-8,16H,3-4H2. The van der Waals surface area contributed by atoms with Gasteiger partial charge in [-0.1, -0.05) is 12.1 Å². The first-order valence-corrected chi connectivity index (χ1v) is 5.51. The van der Waals surface area contributed by atoms with Crippen molar-refractivity contribution in [3.05, 3.63) is 53.6 Å². The van der Waals surface area contributed by atoms with Crippen LogP contribution in [0.1, 0.15) is 21.5 Å². The highest BCUT2D eigenvalue weighted by molar-refractivity contribution is 6.09. The average Bonchev–Trinajstić information content (AvgIpc) is 2.86. The fraction of sp³-hybridized carbons (Fsp3) is 0.154. The number of nitrogens with zero attached hydrogens (tertiary/aromatic N) is 2. The summed E-state index contributed by atoms with van der Waals surface area (Å²) in [7, 11) is 0. The van der Waals surface area contributed by atoms with E-state index in [4.69, 9.17) is 0 Å². The summed E-state index contributed by atoms with van der Waals surface area (Å²) in [6, 6.07) is 5.77. The van der Waals surface area contributed by atoms with Crippen LogP contribution in [0.2, 0.25) is 0 Å². The van der Waals surface area contributed by atoms with E-state index < -0.39 is 0 Å². The Morgan fingerprint density at radius 1 is 1.18 bits per heavy atom. The smallest absolute Gasteiger partial charge is 0.196 e. The van der Waals surface area contributed by atoms with Gasteiger partial charge in [0.15, 0.2) is 5.78 Å². The van der Waals surface area contributed by atoms with E-state index in [1.165, 1.54) is 24.3 Å². The van der Waals surface area contributed by atoms with Gasteiger partial charge in [-0.05, 0) is 18.1 Å². The Bertz CT molecular complexity index is 566. The number of carbonyl (C=O) groups is 1. The van der Waals surface area contributed by atoms with Gasteiger partial charge in [0.25, 0.3) is 0 Å². The van der Waals surface area contributed by atoms with Crippen molar-refractivity contribution >= 4 is 11.5 Å². The van der Waals surface area contributed by atoms with Crippen molar-refractivity contribution in [2.45, 2.75) is 6.42 Å². The Hall–Kier alpha value is -2.23. The number of carbonyl (C=O) groups excluding carboxylic acids is 1. The lowest BCUT2D eigenvalue weighted by Gasteiger charge is -2.04. The van der Waals surface area contributed by atoms with Crippen LogP contribution in [0.25, 0.3) is 0 Å². The third kappa shape index (κ3) is 1.78. The molecule has 0 atom stereocenters. The molecule has 1 aromatic heterocycles. The van der Waals surface area contributed by atoms with Crippen molar-refractivity contribution in [1.82, 2.24) is 9.97 Å². The molecule has 0 bridgehead atoms. The average molecular weight is 225 g/mol. The first-order chi connectivity index (χ1) is 8.34. The molecule has 0 fully saturated rings. The van der Waals surface area contributed by atoms with Gasteiger partial charge in [-0.2, -0.15) is 0 Å². The molecule has 0 saturated heterocycles. The number of hydrogen-bond acceptors (Lipinski definition) is 4. The SMILES string of the molecule is O=C(c1cncnc1)c1ccc2c(c1)NCC2. The third-order valence-corrected chi connectivity index (χ3v) is 2.90. The Labute approximate surface area is 98.7 Å². The number of aromatic nitrogens is 2. The molecule has 3 rings (SSSR count). The summed E-state index contributed by atoms with van der Waals surface area (Å²) in [5.41, 5.74) is 3.52. The van der Waals surface area contributed by atoms with Crippen molar-refractivity contribution in [1.29, 1.82) is 0 Å². The van der Waals surface area contributed by atoms with Crippen LogP contribution < -0.4 is 5.32 Å². The van der Waals surface area contributed by atoms with Crippen molar-refractivity contribution < 1.29 is 4.79 Å². The van der Waals surface area contributed by atoms with Crippen LogP contribution in [-0.2, 0) is 6.42 Å². The van der Waals surface area contributed by atoms with Crippen LogP contribution in [0.3, 0.4) is 0 Å². The predicted octanol–water partition coefficient (Wildman–Crippen LogP) is 1.68. The quantitative estimate of drug-likeness (QED) is 0.790. The van der Waals surface area contributed by atoms with Gasteiger partial charge in [-0.25, -0.2) is 9.97 Å². The Morgan fingerprint density at radius 2 is 2.00 bits per heavy atom. The number of benzene rings is 1. The second-order valence-electron chi connectivity index (χ2n) is 4.00. The predicted molar refractivity (Wildman–Crippen MR) is 64.1 cm³/mol. The maximum atomic E-state index is 12.1. The lowest BCUT2D eigenvalue weighted by Crippen LogP contribution is -2.03. The number of hydrogen-bond donors (Lipinski definition) is 1. The van der Waals surface area contributed by atoms with Crippen molar-refractivity contribution in [2.75, 3.05) is 11.9 Å². The zero-order chi connectivity index (χ0) is 11.7. The minimum atomic E-state index is -0.0397. The van der Waals surface area contributed by atoms with Gasteiger partial charge in [-0.15, -0.1) is 0 Å². The Kier molecular flexibility index (Phi) is 2.33. The van der Waals surface area contributed by atoms with Crippen molar-refractivity contribution in [3.63, 3.8) is 0 Å². The molecule has 0 saturated carbocycles. The number of ketones is 1. The monoisotopic (exact) mass is 225 g/mol. The summed E-state index contributed by atoms with van der Waals surface area (Å²) >= 11 is 0. The summed E-state index contributed by atoms with van der Waals surface area (Å²) in [4.78, 5) is 19.9. The van der Waals surface area contributed by atoms with Crippen LogP contribution >= 0.6 is 0 Å². The number of fused-ring (bicyclic) bond motifs is 1. The molecule has 1 aliphatic rings. The highest BCUT2D eigenvalue weighted by Gasteiger charge is 2.14. The maximum Gasteiger partial charge on any atom is 0.196 e. The minimum Gasteiger partial charge on any atom is -0.384 e. The van der Waals surface area contributed by atoms with Gasteiger partial charge in [0.1, 0.15) is 6.33 Å². The molecule has 0 aliphatic carbocycles. The molecule has 4 nitrogen and oxygen atoms in total. The molecule has 0 spiro atoms. The first-order valence-electron chi connectivity index (χ1n) is 5.51. The Morgan fingerprint density at radius 3 is 2.82 bits per heavy atom. The largest absolute Gasteiger partial charge is 0.384 e. The molecular formula is C13H11N3O. The van der Waals surface area contributed by atoms with E-state index in [9.17, 15) is 4.79 Å². The third-order valence-electron chi connectivity index (χ3n) is 2.90. The molecule has 4 heteroatoms. The first kappa shape index (κ1) is 9.96. The highest BCUT2D eigenvalue weighted by atomic mass is 16.1. The minimum absolute atomic E-state index is 0.0397. The summed E-state index contributed by atoms with van der Waals surface area (Å²) in [6.07, 6.45) is 5.52. The van der Waals surface area contributed by atoms with E-state index in [1.807, 2.05) is 18.2 Å². The molecule has 2 heterocycles. The van der Waals surface area contributed by atoms with Gasteiger partial charge in [0.2, 0.25) is 0 Å². The van der Waals surface area contributed by atoms with Crippen molar-refractivity contribution in [2.24, 2.45) is 0 Å². The summed E-state index contributed by atoms with van der Waals surface area (Å²) in [5, 5.41) is 3.26. The van der Waals surface area contributed by atoms with Crippen molar-refractivity contribution in [3.8, 4) is 0 Å². The van der Waals surface area contributed by atoms with E-state index in [2.05, 4.69) is 15.3 Å². The number of rotatable bonds is 2. The normalized spacial score (nSPS) is 12.9. The number of anilines is 1. The molecule has 0 unspecified atom stereocenters. The van der Waals surface area contributed by atoms with Crippen LogP contribution in [0.4, 0.5) is 5.69 Å². The molecule has 1 N–H and O–H groups in total. The van der Waals surface area contributed by atoms with E-state index in [0.717, 1.165) is 18.7 Å². The van der Waals surface area contributed by atoms with Crippen LogP contribution in [0.15, 0.2) is 36.9 Å². The fourth-order valence-electron chi connectivity index (χ4n) is 2.02. The summed E-state index contributed by atoms with van der Waals surface area (Å²) in [6.45, 7) is 0.946. The summed E-state index contributed by atoms with van der Waals surface area (Å²) < 4.78 is 0. The topological polar surface area (TPSA) is 54.9 Å². The Balaban J connectivity index is 1.97. The number of nitrogens with one attached hydrogen (secondary N) is 1. The molecular weight excluding hydrogens is 214 g/mol. The van der Waals surface area contributed by atoms with Crippen LogP contribution in [0.5, 0.6) is 0 Å². The second-order valence-corrected chi connectivity index (χ2v) is 4.00. The van der Waals surface area contributed by atoms with E-state index in [0.29, 0.717) is 11.1 Å². The zero-order valence-corrected chi connectivity index (χ0v) is 9.18. The van der Waals surface area contributed by atoms with Gasteiger partial charge in [-0.3, -0.25) is 4.79 Å². The second kappa shape index (κ2) is 3.97. The van der Waals surface area contributed by atoms with Gasteiger partial charge >= 0.3 is 0 Å². The van der Waals surface area contributed by atoms with E-state index >= 15 is 0 Å². The zero-order valence-electron chi connectivity index (χ0n) is 9.18. The summed E-state index contributed by atoms with van der Waals surface area (Å²) in [5.74, 6) is -0.0397. The van der Waals surface area contributed by atoms with Crippen LogP contribution in [0, 0.1) is 0 Å². The molecule has 0 radical (unpaired) electrons. The lowest BCUT2D eigenvalue weighted by molar-refractivity contribution is 0.103. The van der Waals surface area contributed by atoms with Gasteiger partial charge in [0.05, 0.1) is 5.56 Å². The van der Waals surface area contributed by atoms with Gasteiger partial charge in [0, 0.05) is 30.2 Å².